The number of urea groups is 1. The van der Waals surface area contributed by atoms with Crippen LogP contribution >= 0.6 is 11.6 Å². The lowest BCUT2D eigenvalue weighted by atomic mass is 9.95. The van der Waals surface area contributed by atoms with Crippen molar-refractivity contribution in [2.24, 2.45) is 0 Å². The van der Waals surface area contributed by atoms with E-state index < -0.39 is 6.04 Å². The van der Waals surface area contributed by atoms with E-state index in [9.17, 15) is 14.4 Å². The van der Waals surface area contributed by atoms with E-state index in [4.69, 9.17) is 11.6 Å². The summed E-state index contributed by atoms with van der Waals surface area (Å²) in [6, 6.07) is 14.3. The largest absolute Gasteiger partial charge is 0.352 e. The zero-order valence-corrected chi connectivity index (χ0v) is 16.0. The molecule has 0 saturated carbocycles. The first-order chi connectivity index (χ1) is 13.5. The number of hydrogen-bond acceptors (Lipinski definition) is 3. The predicted molar refractivity (Wildman–Crippen MR) is 105 cm³/mol. The van der Waals surface area contributed by atoms with Gasteiger partial charge in [0.25, 0.3) is 5.91 Å². The third-order valence-electron chi connectivity index (χ3n) is 5.27. The highest BCUT2D eigenvalue weighted by atomic mass is 35.5. The van der Waals surface area contributed by atoms with E-state index in [0.717, 1.165) is 16.7 Å². The van der Waals surface area contributed by atoms with Crippen molar-refractivity contribution < 1.29 is 14.4 Å². The molecule has 0 radical (unpaired) electrons. The summed E-state index contributed by atoms with van der Waals surface area (Å²) >= 11 is 6.08. The Kier molecular flexibility index (Phi) is 5.05. The summed E-state index contributed by atoms with van der Waals surface area (Å²) < 4.78 is 0. The molecule has 0 spiro atoms. The minimum Gasteiger partial charge on any atom is -0.352 e. The molecule has 7 heteroatoms. The highest BCUT2D eigenvalue weighted by molar-refractivity contribution is 6.31. The third-order valence-corrected chi connectivity index (χ3v) is 5.64. The van der Waals surface area contributed by atoms with Crippen molar-refractivity contribution in [3.63, 3.8) is 0 Å². The Morgan fingerprint density at radius 1 is 1.07 bits per heavy atom. The van der Waals surface area contributed by atoms with E-state index in [2.05, 4.69) is 5.32 Å². The summed E-state index contributed by atoms with van der Waals surface area (Å²) in [6.45, 7) is 0.820. The lowest BCUT2D eigenvalue weighted by Crippen LogP contribution is -2.39. The Hall–Kier alpha value is -2.86. The van der Waals surface area contributed by atoms with Crippen molar-refractivity contribution in [2.75, 3.05) is 6.54 Å². The van der Waals surface area contributed by atoms with Crippen LogP contribution < -0.4 is 5.32 Å². The zero-order valence-electron chi connectivity index (χ0n) is 15.2. The van der Waals surface area contributed by atoms with Gasteiger partial charge in [-0.25, -0.2) is 4.79 Å². The van der Waals surface area contributed by atoms with E-state index in [-0.39, 0.29) is 30.8 Å². The number of fused-ring (bicyclic) bond motifs is 2. The topological polar surface area (TPSA) is 69.7 Å². The molecule has 1 N–H and O–H groups in total. The van der Waals surface area contributed by atoms with Gasteiger partial charge in [-0.2, -0.15) is 0 Å². The van der Waals surface area contributed by atoms with Gasteiger partial charge < -0.3 is 10.2 Å². The molecular formula is C21H20ClN3O3. The van der Waals surface area contributed by atoms with Crippen molar-refractivity contribution in [2.45, 2.75) is 32.0 Å². The van der Waals surface area contributed by atoms with E-state index in [1.807, 2.05) is 42.5 Å². The van der Waals surface area contributed by atoms with Gasteiger partial charge in [0.15, 0.2) is 0 Å². The van der Waals surface area contributed by atoms with E-state index in [1.54, 1.807) is 11.0 Å². The highest BCUT2D eigenvalue weighted by Gasteiger charge is 2.46. The molecule has 4 amide bonds. The molecule has 0 bridgehead atoms. The molecule has 0 aliphatic carbocycles. The Labute approximate surface area is 168 Å². The van der Waals surface area contributed by atoms with Crippen LogP contribution in [0.1, 0.15) is 23.1 Å². The lowest BCUT2D eigenvalue weighted by Gasteiger charge is -2.28. The van der Waals surface area contributed by atoms with Gasteiger partial charge in [-0.3, -0.25) is 14.5 Å². The zero-order chi connectivity index (χ0) is 19.7. The summed E-state index contributed by atoms with van der Waals surface area (Å²) in [4.78, 5) is 40.4. The van der Waals surface area contributed by atoms with Gasteiger partial charge in [-0.1, -0.05) is 54.1 Å². The van der Waals surface area contributed by atoms with Crippen molar-refractivity contribution in [3.05, 3.63) is 70.2 Å². The fourth-order valence-corrected chi connectivity index (χ4v) is 3.92. The second kappa shape index (κ2) is 7.64. The maximum Gasteiger partial charge on any atom is 0.327 e. The van der Waals surface area contributed by atoms with Crippen LogP contribution in [0.2, 0.25) is 5.02 Å². The van der Waals surface area contributed by atoms with Gasteiger partial charge in [0, 0.05) is 37.5 Å². The molecule has 28 heavy (non-hydrogen) atoms. The van der Waals surface area contributed by atoms with Crippen molar-refractivity contribution in [1.29, 1.82) is 0 Å². The summed E-state index contributed by atoms with van der Waals surface area (Å²) in [5.74, 6) is -0.452. The maximum atomic E-state index is 12.7. The van der Waals surface area contributed by atoms with Crippen LogP contribution in [0.5, 0.6) is 0 Å². The van der Waals surface area contributed by atoms with Crippen LogP contribution in [0.25, 0.3) is 0 Å². The molecule has 1 fully saturated rings. The number of carbonyl (C=O) groups is 3. The van der Waals surface area contributed by atoms with Gasteiger partial charge in [-0.05, 0) is 22.8 Å². The molecule has 144 valence electrons. The van der Waals surface area contributed by atoms with Crippen molar-refractivity contribution >= 4 is 29.4 Å². The third kappa shape index (κ3) is 3.47. The standard InChI is InChI=1S/C21H20ClN3O3/c22-17-8-4-3-6-15(17)12-23-19(26)9-10-24-20(27)18-11-14-5-1-2-7-16(14)13-25(18)21(24)28/h1-8,18H,9-13H2,(H,23,26)/t18-/m0/s1. The second-order valence-electron chi connectivity index (χ2n) is 7.01. The molecule has 2 aliphatic heterocycles. The number of halogens is 1. The molecule has 2 aromatic carbocycles. The second-order valence-corrected chi connectivity index (χ2v) is 7.41. The number of amides is 4. The van der Waals surface area contributed by atoms with Gasteiger partial charge in [0.2, 0.25) is 5.91 Å². The molecule has 1 atom stereocenters. The normalized spacial score (nSPS) is 18.1. The molecule has 6 nitrogen and oxygen atoms in total. The molecule has 1 saturated heterocycles. The van der Waals surface area contributed by atoms with Crippen LogP contribution in [0.15, 0.2) is 48.5 Å². The predicted octanol–water partition coefficient (Wildman–Crippen LogP) is 2.74. The number of imide groups is 1. The summed E-state index contributed by atoms with van der Waals surface area (Å²) in [6.07, 6.45) is 0.589. The molecule has 2 aliphatic rings. The number of benzene rings is 2. The van der Waals surface area contributed by atoms with Gasteiger partial charge in [-0.15, -0.1) is 0 Å². The fraction of sp³-hybridized carbons (Fsp3) is 0.286. The first kappa shape index (κ1) is 18.5. The van der Waals surface area contributed by atoms with Gasteiger partial charge in [0.05, 0.1) is 0 Å². The lowest BCUT2D eigenvalue weighted by molar-refractivity contribution is -0.129. The Bertz CT molecular complexity index is 903. The minimum absolute atomic E-state index is 0.0649. The van der Waals surface area contributed by atoms with Crippen LogP contribution in [0.3, 0.4) is 0 Å². The number of carbonyl (C=O) groups excluding carboxylic acids is 3. The van der Waals surface area contributed by atoms with Crippen molar-refractivity contribution in [1.82, 2.24) is 15.1 Å². The minimum atomic E-state index is -0.464. The molecule has 2 aromatic rings. The van der Waals surface area contributed by atoms with E-state index in [0.29, 0.717) is 24.5 Å². The molecule has 4 rings (SSSR count). The van der Waals surface area contributed by atoms with Gasteiger partial charge in [0.1, 0.15) is 6.04 Å². The van der Waals surface area contributed by atoms with Crippen LogP contribution in [-0.4, -0.2) is 40.2 Å². The highest BCUT2D eigenvalue weighted by Crippen LogP contribution is 2.30. The quantitative estimate of drug-likeness (QED) is 0.789. The first-order valence-electron chi connectivity index (χ1n) is 9.23. The smallest absolute Gasteiger partial charge is 0.327 e. The van der Waals surface area contributed by atoms with Gasteiger partial charge >= 0.3 is 6.03 Å². The van der Waals surface area contributed by atoms with E-state index >= 15 is 0 Å². The first-order valence-corrected chi connectivity index (χ1v) is 9.61. The van der Waals surface area contributed by atoms with Crippen LogP contribution in [0.4, 0.5) is 4.79 Å². The number of hydrogen-bond donors (Lipinski definition) is 1. The van der Waals surface area contributed by atoms with E-state index in [1.165, 1.54) is 4.90 Å². The monoisotopic (exact) mass is 397 g/mol. The summed E-state index contributed by atoms with van der Waals surface area (Å²) in [7, 11) is 0. The van der Waals surface area contributed by atoms with Crippen LogP contribution in [0, 0.1) is 0 Å². The molecule has 0 aromatic heterocycles. The number of nitrogens with zero attached hydrogens (tertiary/aromatic N) is 2. The maximum absolute atomic E-state index is 12.7. The van der Waals surface area contributed by atoms with Crippen molar-refractivity contribution in [3.8, 4) is 0 Å². The molecule has 2 heterocycles. The Morgan fingerprint density at radius 2 is 1.79 bits per heavy atom. The average Bonchev–Trinajstić information content (AvgIpc) is 2.94. The molecular weight excluding hydrogens is 378 g/mol. The molecule has 0 unspecified atom stereocenters. The number of rotatable bonds is 5. The number of nitrogens with one attached hydrogen (secondary N) is 1. The summed E-state index contributed by atoms with van der Waals surface area (Å²) in [5.41, 5.74) is 2.99. The fourth-order valence-electron chi connectivity index (χ4n) is 3.72. The summed E-state index contributed by atoms with van der Waals surface area (Å²) in [5, 5.41) is 3.37. The average molecular weight is 398 g/mol. The SMILES string of the molecule is O=C(CCN1C(=O)[C@@H]2Cc3ccccc3CN2C1=O)NCc1ccccc1Cl. The van der Waals surface area contributed by atoms with Crippen LogP contribution in [-0.2, 0) is 29.1 Å². The Balaban J connectivity index is 1.34. The Morgan fingerprint density at radius 3 is 2.57 bits per heavy atom.